The number of aromatic nitrogens is 1. The minimum absolute atomic E-state index is 0.0531. The maximum Gasteiger partial charge on any atom is 0.170 e. The smallest absolute Gasteiger partial charge is 0.170 e. The van der Waals surface area contributed by atoms with E-state index in [1.807, 2.05) is 0 Å². The van der Waals surface area contributed by atoms with Crippen LogP contribution in [0.5, 0.6) is 0 Å². The van der Waals surface area contributed by atoms with Crippen molar-refractivity contribution in [3.63, 3.8) is 0 Å². The van der Waals surface area contributed by atoms with Crippen molar-refractivity contribution >= 4 is 29.3 Å². The van der Waals surface area contributed by atoms with Crippen LogP contribution in [-0.4, -0.2) is 17.0 Å². The highest BCUT2D eigenvalue weighted by Crippen LogP contribution is 2.30. The summed E-state index contributed by atoms with van der Waals surface area (Å²) < 4.78 is 0. The third-order valence-corrected chi connectivity index (χ3v) is 2.14. The van der Waals surface area contributed by atoms with Crippen LogP contribution in [0.4, 0.5) is 5.69 Å². The fourth-order valence-corrected chi connectivity index (χ4v) is 1.58. The van der Waals surface area contributed by atoms with Gasteiger partial charge in [0.2, 0.25) is 0 Å². The molecule has 13 heavy (non-hydrogen) atoms. The predicted molar refractivity (Wildman–Crippen MR) is 51.1 cm³/mol. The highest BCUT2D eigenvalue weighted by molar-refractivity contribution is 6.33. The van der Waals surface area contributed by atoms with E-state index in [0.29, 0.717) is 22.8 Å². The molecule has 0 bridgehead atoms. The van der Waals surface area contributed by atoms with Crippen molar-refractivity contribution in [2.75, 3.05) is 0 Å². The normalized spacial score (nSPS) is 14.5. The molecule has 0 amide bonds. The molecule has 0 unspecified atom stereocenters. The highest BCUT2D eigenvalue weighted by atomic mass is 35.5. The summed E-state index contributed by atoms with van der Waals surface area (Å²) in [6, 6.07) is 1.72. The molecule has 0 N–H and O–H groups in total. The van der Waals surface area contributed by atoms with Gasteiger partial charge in [-0.1, -0.05) is 11.6 Å². The maximum atomic E-state index is 11.4. The Labute approximate surface area is 80.5 Å². The molecule has 0 fully saturated rings. The van der Waals surface area contributed by atoms with Gasteiger partial charge in [0.15, 0.2) is 10.9 Å². The number of halogens is 1. The van der Waals surface area contributed by atoms with Crippen molar-refractivity contribution in [3.05, 3.63) is 22.5 Å². The third kappa shape index (κ3) is 1.35. The first-order valence-corrected chi connectivity index (χ1v) is 4.29. The molecule has 3 nitrogen and oxygen atoms in total. The second-order valence-electron chi connectivity index (χ2n) is 2.89. The molecular weight excluding hydrogens is 188 g/mol. The number of aliphatic imine (C=N–C) groups is 1. The molecule has 0 atom stereocenters. The summed E-state index contributed by atoms with van der Waals surface area (Å²) in [6.45, 7) is 1.80. The lowest BCUT2D eigenvalue weighted by Crippen LogP contribution is -2.06. The van der Waals surface area contributed by atoms with Crippen molar-refractivity contribution in [2.24, 2.45) is 4.99 Å². The summed E-state index contributed by atoms with van der Waals surface area (Å²) in [5.74, 6) is 0.0531. The second-order valence-corrected chi connectivity index (χ2v) is 3.25. The Kier molecular flexibility index (Phi) is 1.88. The molecule has 0 aromatic carbocycles. The number of hydrogen-bond donors (Lipinski definition) is 0. The first-order chi connectivity index (χ1) is 6.18. The van der Waals surface area contributed by atoms with E-state index in [0.717, 1.165) is 5.69 Å². The number of hydrogen-bond acceptors (Lipinski definition) is 3. The zero-order valence-electron chi connectivity index (χ0n) is 7.04. The SMILES string of the molecule is Cc1cc2c(c(Cl)n1)N=CCC2=O. The fourth-order valence-electron chi connectivity index (χ4n) is 1.29. The Morgan fingerprint density at radius 3 is 3.08 bits per heavy atom. The van der Waals surface area contributed by atoms with E-state index in [-0.39, 0.29) is 5.78 Å². The molecular formula is C9H7ClN2O. The third-order valence-electron chi connectivity index (χ3n) is 1.88. The summed E-state index contributed by atoms with van der Waals surface area (Å²) >= 11 is 5.84. The summed E-state index contributed by atoms with van der Waals surface area (Å²) in [4.78, 5) is 19.5. The van der Waals surface area contributed by atoms with E-state index >= 15 is 0 Å². The highest BCUT2D eigenvalue weighted by Gasteiger charge is 2.17. The zero-order valence-corrected chi connectivity index (χ0v) is 7.80. The molecule has 0 aliphatic carbocycles. The van der Waals surface area contributed by atoms with Gasteiger partial charge in [0.25, 0.3) is 0 Å². The van der Waals surface area contributed by atoms with E-state index in [4.69, 9.17) is 11.6 Å². The molecule has 4 heteroatoms. The monoisotopic (exact) mass is 194 g/mol. The lowest BCUT2D eigenvalue weighted by Gasteiger charge is -2.09. The Morgan fingerprint density at radius 1 is 1.54 bits per heavy atom. The van der Waals surface area contributed by atoms with E-state index in [2.05, 4.69) is 9.98 Å². The summed E-state index contributed by atoms with van der Waals surface area (Å²) in [5.41, 5.74) is 1.83. The zero-order chi connectivity index (χ0) is 9.42. The Morgan fingerprint density at radius 2 is 2.31 bits per heavy atom. The maximum absolute atomic E-state index is 11.4. The van der Waals surface area contributed by atoms with Gasteiger partial charge in [-0.25, -0.2) is 4.98 Å². The number of Topliss-reactive ketones (excluding diaryl/α,β-unsaturated/α-hetero) is 1. The van der Waals surface area contributed by atoms with Crippen LogP contribution in [0.1, 0.15) is 22.5 Å². The summed E-state index contributed by atoms with van der Waals surface area (Å²) in [6.07, 6.45) is 1.92. The van der Waals surface area contributed by atoms with Gasteiger partial charge in [0.05, 0.1) is 0 Å². The van der Waals surface area contributed by atoms with Gasteiger partial charge in [0.1, 0.15) is 5.69 Å². The van der Waals surface area contributed by atoms with Crippen LogP contribution >= 0.6 is 11.6 Å². The Bertz CT molecular complexity index is 412. The first kappa shape index (κ1) is 8.38. The lowest BCUT2D eigenvalue weighted by atomic mass is 10.1. The van der Waals surface area contributed by atoms with Gasteiger partial charge in [-0.05, 0) is 13.0 Å². The first-order valence-electron chi connectivity index (χ1n) is 3.91. The van der Waals surface area contributed by atoms with Crippen LogP contribution in [0.25, 0.3) is 0 Å². The number of carbonyl (C=O) groups is 1. The molecule has 0 radical (unpaired) electrons. The molecule has 2 heterocycles. The van der Waals surface area contributed by atoms with E-state index < -0.39 is 0 Å². The van der Waals surface area contributed by atoms with E-state index in [9.17, 15) is 4.79 Å². The van der Waals surface area contributed by atoms with Gasteiger partial charge in [-0.2, -0.15) is 0 Å². The summed E-state index contributed by atoms with van der Waals surface area (Å²) in [5, 5.41) is 0.305. The van der Waals surface area contributed by atoms with Crippen molar-refractivity contribution < 1.29 is 4.79 Å². The summed E-state index contributed by atoms with van der Waals surface area (Å²) in [7, 11) is 0. The van der Waals surface area contributed by atoms with E-state index in [1.165, 1.54) is 0 Å². The fraction of sp³-hybridized carbons (Fsp3) is 0.222. The second kappa shape index (κ2) is 2.92. The van der Waals surface area contributed by atoms with Gasteiger partial charge < -0.3 is 0 Å². The van der Waals surface area contributed by atoms with E-state index in [1.54, 1.807) is 19.2 Å². The van der Waals surface area contributed by atoms with Crippen LogP contribution in [0.15, 0.2) is 11.1 Å². The minimum atomic E-state index is 0.0531. The predicted octanol–water partition coefficient (Wildman–Crippen LogP) is 2.33. The molecule has 1 aromatic heterocycles. The Hall–Kier alpha value is -1.22. The van der Waals surface area contributed by atoms with Crippen LogP contribution in [-0.2, 0) is 0 Å². The standard InChI is InChI=1S/C9H7ClN2O/c1-5-4-6-7(13)2-3-11-8(6)9(10)12-5/h3-4H,2H2,1H3. The largest absolute Gasteiger partial charge is 0.294 e. The molecule has 0 spiro atoms. The van der Waals surface area contributed by atoms with Crippen molar-refractivity contribution in [1.82, 2.24) is 4.98 Å². The van der Waals surface area contributed by atoms with Crippen LogP contribution in [0.3, 0.4) is 0 Å². The van der Waals surface area contributed by atoms with Crippen molar-refractivity contribution in [3.8, 4) is 0 Å². The molecule has 2 rings (SSSR count). The molecule has 1 aliphatic rings. The number of aryl methyl sites for hydroxylation is 1. The molecule has 0 saturated carbocycles. The van der Waals surface area contributed by atoms with Gasteiger partial charge in [-0.15, -0.1) is 0 Å². The van der Waals surface area contributed by atoms with Gasteiger partial charge in [0, 0.05) is 23.9 Å². The molecule has 66 valence electrons. The molecule has 0 saturated heterocycles. The number of ketones is 1. The minimum Gasteiger partial charge on any atom is -0.294 e. The quantitative estimate of drug-likeness (QED) is 0.595. The average molecular weight is 195 g/mol. The van der Waals surface area contributed by atoms with Gasteiger partial charge >= 0.3 is 0 Å². The lowest BCUT2D eigenvalue weighted by molar-refractivity contribution is 0.100. The van der Waals surface area contributed by atoms with Crippen molar-refractivity contribution in [1.29, 1.82) is 0 Å². The van der Waals surface area contributed by atoms with Gasteiger partial charge in [-0.3, -0.25) is 9.79 Å². The number of nitrogens with zero attached hydrogens (tertiary/aromatic N) is 2. The molecule has 1 aromatic rings. The van der Waals surface area contributed by atoms with Crippen molar-refractivity contribution in [2.45, 2.75) is 13.3 Å². The number of carbonyl (C=O) groups excluding carboxylic acids is 1. The topological polar surface area (TPSA) is 42.3 Å². The average Bonchev–Trinajstić information content (AvgIpc) is 2.07. The number of rotatable bonds is 0. The number of pyridine rings is 1. The van der Waals surface area contributed by atoms with Crippen LogP contribution in [0.2, 0.25) is 5.15 Å². The van der Waals surface area contributed by atoms with Crippen LogP contribution in [0, 0.1) is 6.92 Å². The van der Waals surface area contributed by atoms with Crippen LogP contribution < -0.4 is 0 Å². The Balaban J connectivity index is 2.71. The molecule has 1 aliphatic heterocycles. The number of fused-ring (bicyclic) bond motifs is 1.